The molecule has 90 valence electrons. The average molecular weight is 251 g/mol. The van der Waals surface area contributed by atoms with E-state index in [4.69, 9.17) is 0 Å². The van der Waals surface area contributed by atoms with Gasteiger partial charge in [-0.2, -0.15) is 0 Å². The third kappa shape index (κ3) is 2.12. The zero-order chi connectivity index (χ0) is 11.8. The van der Waals surface area contributed by atoms with Crippen molar-refractivity contribution >= 4 is 26.7 Å². The molecule has 3 nitrogen and oxygen atoms in total. The predicted octanol–water partition coefficient (Wildman–Crippen LogP) is 2.23. The molecule has 0 spiro atoms. The Morgan fingerprint density at radius 3 is 3.24 bits per heavy atom. The maximum Gasteiger partial charge on any atom is 0.186 e. The van der Waals surface area contributed by atoms with E-state index in [-0.39, 0.29) is 5.82 Å². The molecule has 5 heteroatoms. The number of benzene rings is 1. The van der Waals surface area contributed by atoms with Crippen molar-refractivity contribution in [3.8, 4) is 0 Å². The maximum absolute atomic E-state index is 13.1. The molecule has 1 saturated heterocycles. The Bertz CT molecular complexity index is 540. The molecule has 0 radical (unpaired) electrons. The van der Waals surface area contributed by atoms with Crippen LogP contribution in [0.25, 0.3) is 10.2 Å². The Morgan fingerprint density at radius 2 is 2.41 bits per heavy atom. The standard InChI is InChI=1S/C12H14FN3S/c1-8-7-16(5-4-14-8)12-15-10-3-2-9(13)6-11(10)17-12/h2-3,6,8,14H,4-5,7H2,1H3/t8-/m1/s1. The molecule has 1 N–H and O–H groups in total. The van der Waals surface area contributed by atoms with Crippen LogP contribution >= 0.6 is 11.3 Å². The van der Waals surface area contributed by atoms with E-state index in [1.165, 1.54) is 6.07 Å². The fourth-order valence-electron chi connectivity index (χ4n) is 2.13. The highest BCUT2D eigenvalue weighted by molar-refractivity contribution is 7.22. The summed E-state index contributed by atoms with van der Waals surface area (Å²) in [6.45, 7) is 5.07. The number of halogens is 1. The lowest BCUT2D eigenvalue weighted by Crippen LogP contribution is -2.49. The summed E-state index contributed by atoms with van der Waals surface area (Å²) in [5.41, 5.74) is 0.887. The fraction of sp³-hybridized carbons (Fsp3) is 0.417. The summed E-state index contributed by atoms with van der Waals surface area (Å²) in [7, 11) is 0. The van der Waals surface area contributed by atoms with Crippen molar-refractivity contribution < 1.29 is 4.39 Å². The van der Waals surface area contributed by atoms with Gasteiger partial charge in [0, 0.05) is 25.7 Å². The molecular formula is C12H14FN3S. The Morgan fingerprint density at radius 1 is 1.53 bits per heavy atom. The molecule has 1 fully saturated rings. The van der Waals surface area contributed by atoms with Gasteiger partial charge in [-0.3, -0.25) is 0 Å². The lowest BCUT2D eigenvalue weighted by molar-refractivity contribution is 0.484. The second-order valence-corrected chi connectivity index (χ2v) is 5.42. The molecule has 1 aromatic carbocycles. The number of anilines is 1. The first kappa shape index (κ1) is 10.9. The number of thiazole rings is 1. The number of nitrogens with zero attached hydrogens (tertiary/aromatic N) is 2. The van der Waals surface area contributed by atoms with Gasteiger partial charge in [-0.15, -0.1) is 0 Å². The number of hydrogen-bond acceptors (Lipinski definition) is 4. The van der Waals surface area contributed by atoms with Crippen LogP contribution in [-0.4, -0.2) is 30.7 Å². The first-order valence-electron chi connectivity index (χ1n) is 5.77. The second kappa shape index (κ2) is 4.23. The third-order valence-corrected chi connectivity index (χ3v) is 4.06. The van der Waals surface area contributed by atoms with E-state index in [1.54, 1.807) is 23.5 Å². The van der Waals surface area contributed by atoms with Crippen LogP contribution in [0, 0.1) is 5.82 Å². The van der Waals surface area contributed by atoms with Gasteiger partial charge >= 0.3 is 0 Å². The highest BCUT2D eigenvalue weighted by Crippen LogP contribution is 2.29. The smallest absolute Gasteiger partial charge is 0.186 e. The molecule has 1 aromatic heterocycles. The minimum atomic E-state index is -0.193. The van der Waals surface area contributed by atoms with Gasteiger partial charge in [0.25, 0.3) is 0 Å². The van der Waals surface area contributed by atoms with Crippen LogP contribution in [0.4, 0.5) is 9.52 Å². The monoisotopic (exact) mass is 251 g/mol. The molecular weight excluding hydrogens is 237 g/mol. The van der Waals surface area contributed by atoms with Crippen molar-refractivity contribution in [3.05, 3.63) is 24.0 Å². The van der Waals surface area contributed by atoms with Gasteiger partial charge in [0.15, 0.2) is 5.13 Å². The summed E-state index contributed by atoms with van der Waals surface area (Å²) < 4.78 is 14.0. The number of piperazine rings is 1. The quantitative estimate of drug-likeness (QED) is 0.842. The topological polar surface area (TPSA) is 28.2 Å². The lowest BCUT2D eigenvalue weighted by Gasteiger charge is -2.31. The maximum atomic E-state index is 13.1. The molecule has 1 atom stereocenters. The summed E-state index contributed by atoms with van der Waals surface area (Å²) >= 11 is 1.57. The SMILES string of the molecule is C[C@@H]1CN(c2nc3ccc(F)cc3s2)CCN1. The molecule has 17 heavy (non-hydrogen) atoms. The largest absolute Gasteiger partial charge is 0.345 e. The van der Waals surface area contributed by atoms with Crippen molar-refractivity contribution in [2.75, 3.05) is 24.5 Å². The summed E-state index contributed by atoms with van der Waals surface area (Å²) in [4.78, 5) is 6.83. The van der Waals surface area contributed by atoms with Gasteiger partial charge in [0.1, 0.15) is 5.82 Å². The zero-order valence-corrected chi connectivity index (χ0v) is 10.4. The minimum absolute atomic E-state index is 0.193. The van der Waals surface area contributed by atoms with Crippen molar-refractivity contribution in [2.24, 2.45) is 0 Å². The normalized spacial score (nSPS) is 21.1. The molecule has 0 unspecified atom stereocenters. The van der Waals surface area contributed by atoms with Crippen molar-refractivity contribution in [3.63, 3.8) is 0 Å². The van der Waals surface area contributed by atoms with E-state index >= 15 is 0 Å². The zero-order valence-electron chi connectivity index (χ0n) is 9.61. The van der Waals surface area contributed by atoms with Crippen LogP contribution < -0.4 is 10.2 Å². The van der Waals surface area contributed by atoms with E-state index in [2.05, 4.69) is 22.1 Å². The highest BCUT2D eigenvalue weighted by atomic mass is 32.1. The van der Waals surface area contributed by atoms with Crippen molar-refractivity contribution in [2.45, 2.75) is 13.0 Å². The number of nitrogens with one attached hydrogen (secondary N) is 1. The van der Waals surface area contributed by atoms with E-state index < -0.39 is 0 Å². The van der Waals surface area contributed by atoms with Gasteiger partial charge in [0.05, 0.1) is 10.2 Å². The molecule has 0 saturated carbocycles. The average Bonchev–Trinajstić information content (AvgIpc) is 2.72. The molecule has 0 bridgehead atoms. The molecule has 2 heterocycles. The second-order valence-electron chi connectivity index (χ2n) is 4.41. The molecule has 2 aromatic rings. The van der Waals surface area contributed by atoms with Gasteiger partial charge in [-0.1, -0.05) is 11.3 Å². The van der Waals surface area contributed by atoms with E-state index in [0.29, 0.717) is 6.04 Å². The number of aromatic nitrogens is 1. The molecule has 0 aliphatic carbocycles. The van der Waals surface area contributed by atoms with Crippen LogP contribution in [0.5, 0.6) is 0 Å². The Labute approximate surface area is 103 Å². The third-order valence-electron chi connectivity index (χ3n) is 2.98. The Hall–Kier alpha value is -1.20. The van der Waals surface area contributed by atoms with Crippen molar-refractivity contribution in [1.82, 2.24) is 10.3 Å². The summed E-state index contributed by atoms with van der Waals surface area (Å²) in [5.74, 6) is -0.193. The molecule has 3 rings (SSSR count). The van der Waals surface area contributed by atoms with Crippen LogP contribution in [0.3, 0.4) is 0 Å². The van der Waals surface area contributed by atoms with Crippen LogP contribution in [0.2, 0.25) is 0 Å². The Balaban J connectivity index is 1.94. The van der Waals surface area contributed by atoms with E-state index in [1.807, 2.05) is 0 Å². The fourth-order valence-corrected chi connectivity index (χ4v) is 3.15. The van der Waals surface area contributed by atoms with Gasteiger partial charge in [-0.25, -0.2) is 9.37 Å². The van der Waals surface area contributed by atoms with Gasteiger partial charge in [0.2, 0.25) is 0 Å². The summed E-state index contributed by atoms with van der Waals surface area (Å²) in [6.07, 6.45) is 0. The first-order chi connectivity index (χ1) is 8.22. The molecule has 1 aliphatic rings. The van der Waals surface area contributed by atoms with Crippen molar-refractivity contribution in [1.29, 1.82) is 0 Å². The predicted molar refractivity (Wildman–Crippen MR) is 69.3 cm³/mol. The van der Waals surface area contributed by atoms with Gasteiger partial charge in [-0.05, 0) is 25.1 Å². The van der Waals surface area contributed by atoms with Crippen LogP contribution in [0.1, 0.15) is 6.92 Å². The minimum Gasteiger partial charge on any atom is -0.345 e. The molecule has 1 aliphatic heterocycles. The van der Waals surface area contributed by atoms with E-state index in [9.17, 15) is 4.39 Å². The van der Waals surface area contributed by atoms with Crippen LogP contribution in [-0.2, 0) is 0 Å². The molecule has 0 amide bonds. The van der Waals surface area contributed by atoms with E-state index in [0.717, 1.165) is 35.0 Å². The van der Waals surface area contributed by atoms with Gasteiger partial charge < -0.3 is 10.2 Å². The number of hydrogen-bond donors (Lipinski definition) is 1. The number of fused-ring (bicyclic) bond motifs is 1. The summed E-state index contributed by atoms with van der Waals surface area (Å²) in [6, 6.07) is 5.25. The Kier molecular flexibility index (Phi) is 2.72. The number of rotatable bonds is 1. The van der Waals surface area contributed by atoms with Crippen LogP contribution in [0.15, 0.2) is 18.2 Å². The summed E-state index contributed by atoms with van der Waals surface area (Å²) in [5, 5.41) is 4.40. The highest BCUT2D eigenvalue weighted by Gasteiger charge is 2.18. The lowest BCUT2D eigenvalue weighted by atomic mass is 10.2. The first-order valence-corrected chi connectivity index (χ1v) is 6.58.